The van der Waals surface area contributed by atoms with Gasteiger partial charge in [-0.05, 0) is 64.2 Å². The summed E-state index contributed by atoms with van der Waals surface area (Å²) in [5, 5.41) is 0. The number of likely N-dealkylation sites (N-methyl/N-ethyl adjacent to an activating group) is 1. The normalized spacial score (nSPS) is 14.3. The molecule has 2 atom stereocenters. The third kappa shape index (κ3) is 42.9. The maximum absolute atomic E-state index is 12.6. The zero-order chi connectivity index (χ0) is 42.1. The van der Waals surface area contributed by atoms with Gasteiger partial charge >= 0.3 is 11.9 Å². The van der Waals surface area contributed by atoms with E-state index in [1.165, 1.54) is 70.6 Å². The lowest BCUT2D eigenvalue weighted by Gasteiger charge is -2.28. The molecule has 0 spiro atoms. The molecule has 0 fully saturated rings. The number of allylic oxidation sites excluding steroid dienone is 11. The van der Waals surface area contributed by atoms with Crippen molar-refractivity contribution in [3.63, 3.8) is 0 Å². The Morgan fingerprint density at radius 2 is 1.05 bits per heavy atom. The van der Waals surface area contributed by atoms with Crippen LogP contribution in [0.2, 0.25) is 0 Å². The second-order valence-corrected chi connectivity index (χ2v) is 17.1. The molecule has 0 rings (SSSR count). The average Bonchev–Trinajstić information content (AvgIpc) is 3.16. The minimum absolute atomic E-state index is 0.0109. The number of carbonyl (C=O) groups excluding carboxylic acids is 2. The average molecular weight is 820 g/mol. The minimum Gasteiger partial charge on any atom is -0.756 e. The Hall–Kier alpha value is -2.55. The molecule has 0 aliphatic rings. The smallest absolute Gasteiger partial charge is 0.310 e. The van der Waals surface area contributed by atoms with E-state index in [1.54, 1.807) is 6.08 Å². The SMILES string of the molecule is CC/C=C\C/C=C\C/C=C\C/C=C\C/C=C\CC(=O)OC(COC(=O)CCCCCCCCC/C=C\CCCCCCCCC)COP(=O)([O-])OCC[N+](C)(C)C. The fourth-order valence-corrected chi connectivity index (χ4v) is 6.28. The summed E-state index contributed by atoms with van der Waals surface area (Å²) < 4.78 is 33.7. The number of hydrogen-bond acceptors (Lipinski definition) is 8. The van der Waals surface area contributed by atoms with Crippen LogP contribution in [-0.2, 0) is 32.7 Å². The van der Waals surface area contributed by atoms with Gasteiger partial charge in [0.05, 0.1) is 34.2 Å². The molecule has 57 heavy (non-hydrogen) atoms. The van der Waals surface area contributed by atoms with Crippen molar-refractivity contribution < 1.29 is 42.1 Å². The summed E-state index contributed by atoms with van der Waals surface area (Å²) in [6.07, 6.45) is 48.2. The Morgan fingerprint density at radius 3 is 1.56 bits per heavy atom. The van der Waals surface area contributed by atoms with E-state index < -0.39 is 32.5 Å². The Labute approximate surface area is 348 Å². The summed E-state index contributed by atoms with van der Waals surface area (Å²) in [4.78, 5) is 37.5. The predicted octanol–water partition coefficient (Wildman–Crippen LogP) is 12.0. The van der Waals surface area contributed by atoms with Gasteiger partial charge < -0.3 is 27.9 Å². The summed E-state index contributed by atoms with van der Waals surface area (Å²) >= 11 is 0. The minimum atomic E-state index is -4.65. The van der Waals surface area contributed by atoms with E-state index in [2.05, 4.69) is 68.5 Å². The van der Waals surface area contributed by atoms with Crippen molar-refractivity contribution in [3.8, 4) is 0 Å². The highest BCUT2D eigenvalue weighted by Gasteiger charge is 2.21. The van der Waals surface area contributed by atoms with Crippen LogP contribution in [0.4, 0.5) is 0 Å². The zero-order valence-electron chi connectivity index (χ0n) is 36.8. The predicted molar refractivity (Wildman–Crippen MR) is 236 cm³/mol. The quantitative estimate of drug-likeness (QED) is 0.0198. The molecule has 0 aromatic carbocycles. The molecule has 0 bridgehead atoms. The molecule has 0 N–H and O–H groups in total. The van der Waals surface area contributed by atoms with Gasteiger partial charge in [-0.3, -0.25) is 14.2 Å². The first-order valence-corrected chi connectivity index (χ1v) is 23.6. The van der Waals surface area contributed by atoms with Crippen LogP contribution in [0, 0.1) is 0 Å². The third-order valence-corrected chi connectivity index (χ3v) is 9.96. The molecule has 0 heterocycles. The van der Waals surface area contributed by atoms with Crippen molar-refractivity contribution in [1.29, 1.82) is 0 Å². The first kappa shape index (κ1) is 54.5. The molecule has 10 heteroatoms. The summed E-state index contributed by atoms with van der Waals surface area (Å²) in [5.41, 5.74) is 0. The number of phosphoric ester groups is 1. The molecule has 0 amide bonds. The van der Waals surface area contributed by atoms with Crippen LogP contribution in [0.25, 0.3) is 0 Å². The van der Waals surface area contributed by atoms with E-state index in [1.807, 2.05) is 33.3 Å². The van der Waals surface area contributed by atoms with Crippen LogP contribution >= 0.6 is 7.82 Å². The first-order chi connectivity index (χ1) is 27.5. The van der Waals surface area contributed by atoms with E-state index in [0.29, 0.717) is 23.9 Å². The highest BCUT2D eigenvalue weighted by atomic mass is 31.2. The molecule has 0 saturated carbocycles. The molecule has 0 aliphatic heterocycles. The molecule has 0 aromatic rings. The van der Waals surface area contributed by atoms with Gasteiger partial charge in [-0.2, -0.15) is 0 Å². The molecule has 9 nitrogen and oxygen atoms in total. The number of ether oxygens (including phenoxy) is 2. The molecule has 2 unspecified atom stereocenters. The fraction of sp³-hybridized carbons (Fsp3) is 0.702. The second kappa shape index (κ2) is 38.9. The summed E-state index contributed by atoms with van der Waals surface area (Å²) in [7, 11) is 1.10. The highest BCUT2D eigenvalue weighted by molar-refractivity contribution is 7.45. The number of hydrogen-bond donors (Lipinski definition) is 0. The van der Waals surface area contributed by atoms with E-state index >= 15 is 0 Å². The van der Waals surface area contributed by atoms with E-state index in [9.17, 15) is 19.0 Å². The number of quaternary nitrogens is 1. The van der Waals surface area contributed by atoms with E-state index in [-0.39, 0.29) is 26.1 Å². The lowest BCUT2D eigenvalue weighted by atomic mass is 10.1. The number of nitrogens with zero attached hydrogens (tertiary/aromatic N) is 1. The van der Waals surface area contributed by atoms with Crippen molar-refractivity contribution in [2.24, 2.45) is 0 Å². The van der Waals surface area contributed by atoms with Gasteiger partial charge in [0.25, 0.3) is 7.82 Å². The Balaban J connectivity index is 4.47. The second-order valence-electron chi connectivity index (χ2n) is 15.7. The van der Waals surface area contributed by atoms with Crippen LogP contribution in [0.5, 0.6) is 0 Å². The Bertz CT molecular complexity index is 1200. The number of phosphoric acid groups is 1. The van der Waals surface area contributed by atoms with Crippen LogP contribution in [-0.4, -0.2) is 70.0 Å². The van der Waals surface area contributed by atoms with Gasteiger partial charge in [0, 0.05) is 6.42 Å². The van der Waals surface area contributed by atoms with Gasteiger partial charge in [-0.25, -0.2) is 0 Å². The Kier molecular flexibility index (Phi) is 37.2. The van der Waals surface area contributed by atoms with Gasteiger partial charge in [-0.15, -0.1) is 0 Å². The van der Waals surface area contributed by atoms with Gasteiger partial charge in [0.1, 0.15) is 19.8 Å². The zero-order valence-corrected chi connectivity index (χ0v) is 37.7. The number of esters is 2. The molecule has 0 aromatic heterocycles. The highest BCUT2D eigenvalue weighted by Crippen LogP contribution is 2.38. The third-order valence-electron chi connectivity index (χ3n) is 8.99. The monoisotopic (exact) mass is 820 g/mol. The van der Waals surface area contributed by atoms with Crippen molar-refractivity contribution in [1.82, 2.24) is 0 Å². The van der Waals surface area contributed by atoms with Crippen LogP contribution in [0.3, 0.4) is 0 Å². The van der Waals surface area contributed by atoms with E-state index in [0.717, 1.165) is 51.4 Å². The summed E-state index contributed by atoms with van der Waals surface area (Å²) in [5.74, 6) is -0.992. The number of rotatable bonds is 39. The maximum atomic E-state index is 12.6. The van der Waals surface area contributed by atoms with Crippen molar-refractivity contribution >= 4 is 19.8 Å². The standard InChI is InChI=1S/C47H82NO8P/c1-6-8-10-12-14-16-18-20-22-23-24-26-27-29-31-33-35-37-39-46(49)53-43-45(44-55-57(51,52)54-42-41-48(3,4)5)56-47(50)40-38-36-34-32-30-28-25-21-19-17-15-13-11-9-7-2/h9,11,15,17,21-23,25,30,32,36,38,45H,6-8,10,12-14,16,18-20,24,26-29,31,33-35,37,39-44H2,1-5H3/b11-9-,17-15-,23-22-,25-21-,32-30-,38-36-. The van der Waals surface area contributed by atoms with Crippen molar-refractivity contribution in [2.45, 2.75) is 168 Å². The summed E-state index contributed by atoms with van der Waals surface area (Å²) in [6, 6.07) is 0. The Morgan fingerprint density at radius 1 is 0.579 bits per heavy atom. The maximum Gasteiger partial charge on any atom is 0.310 e. The lowest BCUT2D eigenvalue weighted by molar-refractivity contribution is -0.870. The first-order valence-electron chi connectivity index (χ1n) is 22.1. The topological polar surface area (TPSA) is 111 Å². The number of unbranched alkanes of at least 4 members (excludes halogenated alkanes) is 14. The van der Waals surface area contributed by atoms with Crippen molar-refractivity contribution in [3.05, 3.63) is 72.9 Å². The molecular weight excluding hydrogens is 737 g/mol. The van der Waals surface area contributed by atoms with E-state index in [4.69, 9.17) is 18.5 Å². The number of carbonyl (C=O) groups is 2. The summed E-state index contributed by atoms with van der Waals surface area (Å²) in [6.45, 7) is 3.98. The van der Waals surface area contributed by atoms with Crippen molar-refractivity contribution in [2.75, 3.05) is 47.5 Å². The van der Waals surface area contributed by atoms with Crippen LogP contribution < -0.4 is 4.89 Å². The van der Waals surface area contributed by atoms with Gasteiger partial charge in [0.2, 0.25) is 0 Å². The fourth-order valence-electron chi connectivity index (χ4n) is 5.55. The lowest BCUT2D eigenvalue weighted by Crippen LogP contribution is -2.37. The van der Waals surface area contributed by atoms with Gasteiger partial charge in [-0.1, -0.05) is 157 Å². The molecule has 0 radical (unpaired) electrons. The molecule has 0 aliphatic carbocycles. The van der Waals surface area contributed by atoms with Crippen LogP contribution in [0.15, 0.2) is 72.9 Å². The molecular formula is C47H82NO8P. The largest absolute Gasteiger partial charge is 0.756 e. The van der Waals surface area contributed by atoms with Gasteiger partial charge in [0.15, 0.2) is 6.10 Å². The van der Waals surface area contributed by atoms with Crippen LogP contribution in [0.1, 0.15) is 162 Å². The molecule has 0 saturated heterocycles. The molecule has 328 valence electrons.